The second kappa shape index (κ2) is 4.05. The maximum atomic E-state index is 4.27. The molecule has 2 aromatic heterocycles. The van der Waals surface area contributed by atoms with E-state index in [1.54, 1.807) is 10.2 Å². The highest BCUT2D eigenvalue weighted by Crippen LogP contribution is 2.16. The molecule has 0 fully saturated rings. The molecule has 74 valence electrons. The van der Waals surface area contributed by atoms with Crippen LogP contribution in [0.5, 0.6) is 0 Å². The summed E-state index contributed by atoms with van der Waals surface area (Å²) < 4.78 is 2.76. The van der Waals surface area contributed by atoms with E-state index >= 15 is 0 Å². The Bertz CT molecular complexity index is 410. The number of nitrogens with zero attached hydrogens (tertiary/aromatic N) is 4. The Labute approximate surface area is 93.3 Å². The third-order valence-corrected chi connectivity index (χ3v) is 2.93. The van der Waals surface area contributed by atoms with Crippen molar-refractivity contribution in [2.45, 2.75) is 6.54 Å². The van der Waals surface area contributed by atoms with Crippen molar-refractivity contribution in [1.82, 2.24) is 20.0 Å². The van der Waals surface area contributed by atoms with Crippen LogP contribution >= 0.6 is 27.3 Å². The highest BCUT2D eigenvalue weighted by molar-refractivity contribution is 9.10. The van der Waals surface area contributed by atoms with E-state index in [2.05, 4.69) is 36.5 Å². The molecule has 0 radical (unpaired) electrons. The second-order valence-electron chi connectivity index (χ2n) is 2.69. The first-order valence-corrected chi connectivity index (χ1v) is 5.61. The van der Waals surface area contributed by atoms with Crippen molar-refractivity contribution >= 4 is 32.4 Å². The molecule has 0 amide bonds. The number of aryl methyl sites for hydroxylation is 1. The van der Waals surface area contributed by atoms with E-state index in [0.29, 0.717) is 6.54 Å². The van der Waals surface area contributed by atoms with Crippen LogP contribution in [0.1, 0.15) is 5.69 Å². The van der Waals surface area contributed by atoms with Crippen molar-refractivity contribution in [1.29, 1.82) is 0 Å². The van der Waals surface area contributed by atoms with Gasteiger partial charge in [-0.1, -0.05) is 11.3 Å². The quantitative estimate of drug-likeness (QED) is 0.924. The van der Waals surface area contributed by atoms with Gasteiger partial charge in [0.05, 0.1) is 16.7 Å². The first-order chi connectivity index (χ1) is 6.75. The van der Waals surface area contributed by atoms with Crippen LogP contribution in [0.4, 0.5) is 5.13 Å². The highest BCUT2D eigenvalue weighted by Gasteiger charge is 2.04. The van der Waals surface area contributed by atoms with Crippen LogP contribution in [0.15, 0.2) is 16.2 Å². The summed E-state index contributed by atoms with van der Waals surface area (Å²) >= 11 is 4.90. The van der Waals surface area contributed by atoms with Gasteiger partial charge in [0.15, 0.2) is 0 Å². The topological polar surface area (TPSA) is 55.6 Å². The Morgan fingerprint density at radius 2 is 2.50 bits per heavy atom. The Hall–Kier alpha value is -0.950. The first-order valence-electron chi connectivity index (χ1n) is 3.94. The lowest BCUT2D eigenvalue weighted by Crippen LogP contribution is -2.01. The molecule has 0 aliphatic rings. The highest BCUT2D eigenvalue weighted by atomic mass is 79.9. The predicted molar refractivity (Wildman–Crippen MR) is 58.1 cm³/mol. The zero-order valence-corrected chi connectivity index (χ0v) is 9.84. The largest absolute Gasteiger partial charge is 0.354 e. The molecule has 0 saturated heterocycles. The summed E-state index contributed by atoms with van der Waals surface area (Å²) in [6.45, 7) is 0.649. The van der Waals surface area contributed by atoms with Crippen LogP contribution in [0.3, 0.4) is 0 Å². The smallest absolute Gasteiger partial charge is 0.205 e. The van der Waals surface area contributed by atoms with Crippen LogP contribution in [-0.2, 0) is 13.6 Å². The van der Waals surface area contributed by atoms with Gasteiger partial charge in [-0.05, 0) is 15.9 Å². The van der Waals surface area contributed by atoms with Gasteiger partial charge >= 0.3 is 0 Å². The molecule has 2 rings (SSSR count). The maximum Gasteiger partial charge on any atom is 0.205 e. The summed E-state index contributed by atoms with van der Waals surface area (Å²) in [5, 5.41) is 15.8. The minimum Gasteiger partial charge on any atom is -0.354 e. The lowest BCUT2D eigenvalue weighted by Gasteiger charge is -1.98. The fraction of sp³-hybridized carbons (Fsp3) is 0.286. The van der Waals surface area contributed by atoms with Crippen LogP contribution in [0, 0.1) is 0 Å². The Morgan fingerprint density at radius 3 is 3.07 bits per heavy atom. The summed E-state index contributed by atoms with van der Waals surface area (Å²) in [4.78, 5) is 0. The van der Waals surface area contributed by atoms with Crippen molar-refractivity contribution in [2.24, 2.45) is 7.05 Å². The number of hydrogen-bond acceptors (Lipinski definition) is 5. The van der Waals surface area contributed by atoms with Gasteiger partial charge < -0.3 is 5.32 Å². The summed E-state index contributed by atoms with van der Waals surface area (Å²) in [5.41, 5.74) is 2.65. The van der Waals surface area contributed by atoms with Crippen LogP contribution in [0.2, 0.25) is 0 Å². The molecule has 0 aromatic carbocycles. The van der Waals surface area contributed by atoms with Crippen LogP contribution in [-0.4, -0.2) is 20.0 Å². The van der Waals surface area contributed by atoms with Gasteiger partial charge in [-0.15, -0.1) is 10.2 Å². The standard InChI is InChI=1S/C7H8BrN5S/c1-13-3-5(8)6(12-13)2-9-7-11-10-4-14-7/h3-4H,2H2,1H3,(H,9,11). The molecule has 7 heteroatoms. The molecule has 2 heterocycles. The fourth-order valence-corrected chi connectivity index (χ4v) is 1.99. The first kappa shape index (κ1) is 9.60. The molecule has 0 aliphatic heterocycles. The van der Waals surface area contributed by atoms with Crippen molar-refractivity contribution in [3.05, 3.63) is 21.9 Å². The second-order valence-corrected chi connectivity index (χ2v) is 4.38. The minimum absolute atomic E-state index is 0.649. The van der Waals surface area contributed by atoms with E-state index in [1.807, 2.05) is 13.2 Å². The molecule has 2 aromatic rings. The number of anilines is 1. The minimum atomic E-state index is 0.649. The number of rotatable bonds is 3. The zero-order chi connectivity index (χ0) is 9.97. The number of aromatic nitrogens is 4. The van der Waals surface area contributed by atoms with E-state index in [-0.39, 0.29) is 0 Å². The van der Waals surface area contributed by atoms with Gasteiger partial charge in [0.2, 0.25) is 5.13 Å². The van der Waals surface area contributed by atoms with Crippen LogP contribution < -0.4 is 5.32 Å². The normalized spacial score (nSPS) is 10.4. The van der Waals surface area contributed by atoms with Crippen molar-refractivity contribution in [3.63, 3.8) is 0 Å². The Morgan fingerprint density at radius 1 is 1.64 bits per heavy atom. The summed E-state index contributed by atoms with van der Waals surface area (Å²) in [6.07, 6.45) is 1.91. The number of nitrogens with one attached hydrogen (secondary N) is 1. The molecule has 14 heavy (non-hydrogen) atoms. The van der Waals surface area contributed by atoms with Crippen LogP contribution in [0.25, 0.3) is 0 Å². The average molecular weight is 274 g/mol. The maximum absolute atomic E-state index is 4.27. The predicted octanol–water partition coefficient (Wildman–Crippen LogP) is 1.65. The summed E-state index contributed by atoms with van der Waals surface area (Å²) in [5.74, 6) is 0. The van der Waals surface area contributed by atoms with E-state index in [1.165, 1.54) is 11.3 Å². The Kier molecular flexibility index (Phi) is 2.78. The molecular weight excluding hydrogens is 266 g/mol. The molecule has 0 saturated carbocycles. The lowest BCUT2D eigenvalue weighted by molar-refractivity contribution is 0.747. The molecule has 0 bridgehead atoms. The fourth-order valence-electron chi connectivity index (χ4n) is 1.03. The third-order valence-electron chi connectivity index (χ3n) is 1.62. The van der Waals surface area contributed by atoms with Gasteiger partial charge in [0.25, 0.3) is 0 Å². The van der Waals surface area contributed by atoms with E-state index in [9.17, 15) is 0 Å². The van der Waals surface area contributed by atoms with E-state index in [4.69, 9.17) is 0 Å². The van der Waals surface area contributed by atoms with Gasteiger partial charge in [-0.25, -0.2) is 0 Å². The van der Waals surface area contributed by atoms with Gasteiger partial charge in [0.1, 0.15) is 5.51 Å². The van der Waals surface area contributed by atoms with Gasteiger partial charge in [-0.2, -0.15) is 5.10 Å². The van der Waals surface area contributed by atoms with Crippen molar-refractivity contribution < 1.29 is 0 Å². The number of hydrogen-bond donors (Lipinski definition) is 1. The average Bonchev–Trinajstić information content (AvgIpc) is 2.72. The van der Waals surface area contributed by atoms with Crippen molar-refractivity contribution in [3.8, 4) is 0 Å². The third kappa shape index (κ3) is 2.10. The summed E-state index contributed by atoms with van der Waals surface area (Å²) in [6, 6.07) is 0. The summed E-state index contributed by atoms with van der Waals surface area (Å²) in [7, 11) is 1.89. The van der Waals surface area contributed by atoms with Crippen molar-refractivity contribution in [2.75, 3.05) is 5.32 Å². The zero-order valence-electron chi connectivity index (χ0n) is 7.44. The number of halogens is 1. The molecule has 0 aliphatic carbocycles. The Balaban J connectivity index is 2.01. The molecule has 5 nitrogen and oxygen atoms in total. The molecule has 0 spiro atoms. The lowest BCUT2D eigenvalue weighted by atomic mass is 10.4. The van der Waals surface area contributed by atoms with E-state index in [0.717, 1.165) is 15.3 Å². The van der Waals surface area contributed by atoms with E-state index < -0.39 is 0 Å². The molecule has 0 unspecified atom stereocenters. The van der Waals surface area contributed by atoms with Gasteiger partial charge in [-0.3, -0.25) is 4.68 Å². The molecular formula is C7H8BrN5S. The molecule has 1 N–H and O–H groups in total. The monoisotopic (exact) mass is 273 g/mol. The van der Waals surface area contributed by atoms with Gasteiger partial charge in [0, 0.05) is 13.2 Å². The molecule has 0 atom stereocenters. The SMILES string of the molecule is Cn1cc(Br)c(CNc2nncs2)n1.